The molecule has 0 heterocycles. The Morgan fingerprint density at radius 2 is 1.85 bits per heavy atom. The molecule has 110 valence electrons. The van der Waals surface area contributed by atoms with Crippen molar-refractivity contribution in [3.05, 3.63) is 34.3 Å². The summed E-state index contributed by atoms with van der Waals surface area (Å²) in [4.78, 5) is 22.6. The van der Waals surface area contributed by atoms with Crippen LogP contribution in [0.5, 0.6) is 0 Å². The van der Waals surface area contributed by atoms with Crippen molar-refractivity contribution < 1.29 is 19.4 Å². The third-order valence-electron chi connectivity index (χ3n) is 2.08. The quantitative estimate of drug-likeness (QED) is 0.750. The molecule has 5 nitrogen and oxygen atoms in total. The molecule has 0 saturated carbocycles. The second-order valence-electron chi connectivity index (χ2n) is 3.66. The van der Waals surface area contributed by atoms with E-state index in [-0.39, 0.29) is 0 Å². The average molecular weight is 405 g/mol. The first-order chi connectivity index (χ1) is 9.19. The summed E-state index contributed by atoms with van der Waals surface area (Å²) in [6.07, 6.45) is -0.994. The second kappa shape index (κ2) is 7.36. The van der Waals surface area contributed by atoms with Crippen LogP contribution in [0, 0.1) is 0 Å². The number of nitrogens with one attached hydrogen (secondary N) is 1. The van der Waals surface area contributed by atoms with Gasteiger partial charge in [-0.2, -0.15) is 0 Å². The lowest BCUT2D eigenvalue weighted by Gasteiger charge is -2.16. The summed E-state index contributed by atoms with van der Waals surface area (Å²) in [7, 11) is 0. The third kappa shape index (κ3) is 6.17. The number of hydrogen-bond donors (Lipinski definition) is 2. The lowest BCUT2D eigenvalue weighted by Crippen LogP contribution is -2.35. The van der Waals surface area contributed by atoms with Crippen LogP contribution in [-0.4, -0.2) is 27.6 Å². The summed E-state index contributed by atoms with van der Waals surface area (Å²) in [5, 5.41) is 11.3. The smallest absolute Gasteiger partial charge is 0.408 e. The number of carbonyl (C=O) groups excluding carboxylic acids is 1. The summed E-state index contributed by atoms with van der Waals surface area (Å²) >= 11 is 19.5. The molecule has 9 heteroatoms. The van der Waals surface area contributed by atoms with Crippen molar-refractivity contribution >= 4 is 62.8 Å². The monoisotopic (exact) mass is 403 g/mol. The van der Waals surface area contributed by atoms with Gasteiger partial charge in [0.05, 0.1) is 0 Å². The van der Waals surface area contributed by atoms with Gasteiger partial charge in [0, 0.05) is 4.47 Å². The van der Waals surface area contributed by atoms with Crippen LogP contribution in [0.25, 0.3) is 0 Å². The number of carbonyl (C=O) groups is 2. The number of amides is 1. The van der Waals surface area contributed by atoms with Gasteiger partial charge in [-0.1, -0.05) is 62.9 Å². The van der Waals surface area contributed by atoms with Crippen molar-refractivity contribution in [2.75, 3.05) is 6.61 Å². The third-order valence-corrected chi connectivity index (χ3v) is 2.94. The highest BCUT2D eigenvalue weighted by Gasteiger charge is 2.26. The van der Waals surface area contributed by atoms with Gasteiger partial charge in [-0.25, -0.2) is 9.59 Å². The molecule has 1 atom stereocenters. The van der Waals surface area contributed by atoms with Gasteiger partial charge in [0.15, 0.2) is 6.04 Å². The van der Waals surface area contributed by atoms with Crippen LogP contribution < -0.4 is 5.32 Å². The van der Waals surface area contributed by atoms with E-state index < -0.39 is 28.5 Å². The van der Waals surface area contributed by atoms with Crippen LogP contribution in [0.3, 0.4) is 0 Å². The minimum absolute atomic E-state index is 0.381. The van der Waals surface area contributed by atoms with E-state index in [0.29, 0.717) is 5.56 Å². The minimum atomic E-state index is -1.76. The first kappa shape index (κ1) is 17.4. The molecule has 0 aliphatic rings. The summed E-state index contributed by atoms with van der Waals surface area (Å²) in [5.41, 5.74) is 0.381. The molecule has 0 saturated heterocycles. The van der Waals surface area contributed by atoms with E-state index in [4.69, 9.17) is 39.9 Å². The number of aliphatic carboxylic acids is 1. The number of carboxylic acid groups (broad SMARTS) is 1. The Kier molecular flexibility index (Phi) is 6.39. The topological polar surface area (TPSA) is 75.6 Å². The lowest BCUT2D eigenvalue weighted by molar-refractivity contribution is -0.139. The Balaban J connectivity index is 2.71. The molecule has 0 aromatic heterocycles. The largest absolute Gasteiger partial charge is 0.479 e. The highest BCUT2D eigenvalue weighted by Crippen LogP contribution is 2.26. The Morgan fingerprint density at radius 1 is 1.30 bits per heavy atom. The van der Waals surface area contributed by atoms with Gasteiger partial charge in [0.2, 0.25) is 3.79 Å². The minimum Gasteiger partial charge on any atom is -0.479 e. The Hall–Kier alpha value is -0.690. The van der Waals surface area contributed by atoms with E-state index in [2.05, 4.69) is 26.0 Å². The summed E-state index contributed by atoms with van der Waals surface area (Å²) < 4.78 is 3.64. The van der Waals surface area contributed by atoms with E-state index in [0.717, 1.165) is 4.47 Å². The molecule has 0 bridgehead atoms. The zero-order chi connectivity index (χ0) is 15.3. The molecule has 1 rings (SSSR count). The van der Waals surface area contributed by atoms with Gasteiger partial charge >= 0.3 is 12.1 Å². The van der Waals surface area contributed by atoms with E-state index >= 15 is 0 Å². The van der Waals surface area contributed by atoms with Gasteiger partial charge in [0.1, 0.15) is 6.61 Å². The van der Waals surface area contributed by atoms with Crippen LogP contribution in [0.4, 0.5) is 4.79 Å². The molecule has 0 unspecified atom stereocenters. The number of carboxylic acids is 1. The number of halogens is 4. The highest BCUT2D eigenvalue weighted by atomic mass is 79.9. The van der Waals surface area contributed by atoms with Crippen molar-refractivity contribution in [3.63, 3.8) is 0 Å². The van der Waals surface area contributed by atoms with Crippen LogP contribution in [0.2, 0.25) is 0 Å². The van der Waals surface area contributed by atoms with E-state index in [1.54, 1.807) is 24.3 Å². The summed E-state index contributed by atoms with van der Waals surface area (Å²) in [6.45, 7) is -0.490. The normalized spacial score (nSPS) is 12.6. The maximum absolute atomic E-state index is 11.5. The van der Waals surface area contributed by atoms with Crippen LogP contribution in [-0.2, 0) is 9.53 Å². The first-order valence-electron chi connectivity index (χ1n) is 5.17. The van der Waals surface area contributed by atoms with Crippen molar-refractivity contribution in [3.8, 4) is 0 Å². The fraction of sp³-hybridized carbons (Fsp3) is 0.273. The highest BCUT2D eigenvalue weighted by molar-refractivity contribution is 9.10. The molecule has 0 radical (unpaired) electrons. The second-order valence-corrected chi connectivity index (χ2v) is 7.09. The van der Waals surface area contributed by atoms with Crippen molar-refractivity contribution in [1.82, 2.24) is 5.32 Å². The molecule has 1 aromatic carbocycles. The first-order valence-corrected chi connectivity index (χ1v) is 7.10. The van der Waals surface area contributed by atoms with E-state index in [1.807, 2.05) is 0 Å². The Labute approximate surface area is 138 Å². The zero-order valence-electron chi connectivity index (χ0n) is 9.78. The van der Waals surface area contributed by atoms with Gasteiger partial charge in [-0.05, 0) is 17.7 Å². The molecule has 0 aliphatic carbocycles. The van der Waals surface area contributed by atoms with E-state index in [1.165, 1.54) is 0 Å². The number of benzene rings is 1. The predicted molar refractivity (Wildman–Crippen MR) is 79.3 cm³/mol. The lowest BCUT2D eigenvalue weighted by atomic mass is 10.1. The number of hydrogen-bond acceptors (Lipinski definition) is 3. The molecule has 20 heavy (non-hydrogen) atoms. The van der Waals surface area contributed by atoms with Crippen molar-refractivity contribution in [1.29, 1.82) is 0 Å². The average Bonchev–Trinajstić information content (AvgIpc) is 2.33. The molecule has 1 amide bonds. The fourth-order valence-corrected chi connectivity index (χ4v) is 1.68. The SMILES string of the molecule is O=C(N[C@@H](C(=O)O)c1ccc(Br)cc1)OCC(Cl)(Cl)Cl. The van der Waals surface area contributed by atoms with Crippen molar-refractivity contribution in [2.24, 2.45) is 0 Å². The molecule has 0 fully saturated rings. The van der Waals surface area contributed by atoms with Crippen LogP contribution in [0.15, 0.2) is 28.7 Å². The number of rotatable bonds is 4. The fourth-order valence-electron chi connectivity index (χ4n) is 1.25. The summed E-state index contributed by atoms with van der Waals surface area (Å²) in [6, 6.07) is 5.15. The maximum Gasteiger partial charge on any atom is 0.408 e. The van der Waals surface area contributed by atoms with Crippen molar-refractivity contribution in [2.45, 2.75) is 9.83 Å². The number of alkyl carbamates (subject to hydrolysis) is 1. The van der Waals surface area contributed by atoms with Gasteiger partial charge in [-0.15, -0.1) is 0 Å². The molecular weight excluding hydrogens is 396 g/mol. The van der Waals surface area contributed by atoms with E-state index in [9.17, 15) is 9.59 Å². The molecule has 1 aromatic rings. The number of ether oxygens (including phenoxy) is 1. The molecule has 2 N–H and O–H groups in total. The Bertz CT molecular complexity index is 489. The van der Waals surface area contributed by atoms with Gasteiger partial charge in [0.25, 0.3) is 0 Å². The Morgan fingerprint density at radius 3 is 2.30 bits per heavy atom. The van der Waals surface area contributed by atoms with Crippen LogP contribution >= 0.6 is 50.7 Å². The molecular formula is C11H9BrCl3NO4. The van der Waals surface area contributed by atoms with Gasteiger partial charge < -0.3 is 15.2 Å². The molecule has 0 aliphatic heterocycles. The van der Waals surface area contributed by atoms with Gasteiger partial charge in [-0.3, -0.25) is 0 Å². The number of alkyl halides is 3. The maximum atomic E-state index is 11.5. The van der Waals surface area contributed by atoms with Crippen LogP contribution in [0.1, 0.15) is 11.6 Å². The zero-order valence-corrected chi connectivity index (χ0v) is 13.6. The predicted octanol–water partition coefficient (Wildman–Crippen LogP) is 3.67. The molecule has 0 spiro atoms. The standard InChI is InChI=1S/C11H9BrCl3NO4/c12-7-3-1-6(2-4-7)8(9(17)18)16-10(19)20-5-11(13,14)15/h1-4,8H,5H2,(H,16,19)(H,17,18)/t8-/m1/s1. The summed E-state index contributed by atoms with van der Waals surface area (Å²) in [5.74, 6) is -1.24.